The third-order valence-electron chi connectivity index (χ3n) is 2.71. The molecule has 0 aliphatic carbocycles. The molecule has 1 aliphatic rings. The molecule has 1 heterocycles. The van der Waals surface area contributed by atoms with Gasteiger partial charge in [-0.1, -0.05) is 11.6 Å². The van der Waals surface area contributed by atoms with Crippen molar-refractivity contribution in [2.75, 3.05) is 13.1 Å². The Hall–Kier alpha value is -0.640. The predicted molar refractivity (Wildman–Crippen MR) is 59.3 cm³/mol. The molecule has 1 atom stereocenters. The van der Waals surface area contributed by atoms with Crippen LogP contribution in [0.2, 0.25) is 5.02 Å². The van der Waals surface area contributed by atoms with Crippen LogP contribution in [0, 0.1) is 5.82 Å². The average Bonchev–Trinajstić information content (AvgIpc) is 2.58. The van der Waals surface area contributed by atoms with E-state index in [4.69, 9.17) is 17.3 Å². The minimum absolute atomic E-state index is 0.195. The summed E-state index contributed by atoms with van der Waals surface area (Å²) in [6.07, 6.45) is 0.988. The largest absolute Gasteiger partial charge is 0.326 e. The van der Waals surface area contributed by atoms with Crippen molar-refractivity contribution in [1.29, 1.82) is 0 Å². The molecular weight excluding hydrogens is 215 g/mol. The van der Waals surface area contributed by atoms with Gasteiger partial charge in [0.2, 0.25) is 0 Å². The van der Waals surface area contributed by atoms with Gasteiger partial charge in [0.25, 0.3) is 0 Å². The lowest BCUT2D eigenvalue weighted by Gasteiger charge is -2.15. The Bertz CT molecular complexity index is 356. The van der Waals surface area contributed by atoms with Gasteiger partial charge in [-0.25, -0.2) is 4.39 Å². The van der Waals surface area contributed by atoms with E-state index in [-0.39, 0.29) is 11.9 Å². The molecule has 4 heteroatoms. The summed E-state index contributed by atoms with van der Waals surface area (Å²) in [5.74, 6) is -0.195. The fraction of sp³-hybridized carbons (Fsp3) is 0.455. The van der Waals surface area contributed by atoms with Crippen molar-refractivity contribution < 1.29 is 4.39 Å². The van der Waals surface area contributed by atoms with E-state index < -0.39 is 0 Å². The second-order valence-corrected chi connectivity index (χ2v) is 4.46. The topological polar surface area (TPSA) is 29.3 Å². The highest BCUT2D eigenvalue weighted by atomic mass is 35.5. The molecule has 2 nitrogen and oxygen atoms in total. The van der Waals surface area contributed by atoms with Gasteiger partial charge in [-0.15, -0.1) is 0 Å². The molecule has 0 unspecified atom stereocenters. The van der Waals surface area contributed by atoms with E-state index in [9.17, 15) is 4.39 Å². The van der Waals surface area contributed by atoms with Gasteiger partial charge < -0.3 is 5.73 Å². The highest BCUT2D eigenvalue weighted by Crippen LogP contribution is 2.18. The minimum atomic E-state index is -0.195. The van der Waals surface area contributed by atoms with Crippen LogP contribution in [0.3, 0.4) is 0 Å². The first-order valence-corrected chi connectivity index (χ1v) is 5.45. The normalized spacial score (nSPS) is 22.2. The molecule has 0 amide bonds. The number of nitrogens with two attached hydrogens (primary N) is 1. The molecule has 0 aromatic heterocycles. The van der Waals surface area contributed by atoms with Crippen molar-refractivity contribution in [3.8, 4) is 0 Å². The fourth-order valence-corrected chi connectivity index (χ4v) is 2.11. The van der Waals surface area contributed by atoms with E-state index in [1.807, 2.05) is 0 Å². The van der Waals surface area contributed by atoms with Gasteiger partial charge in [0.1, 0.15) is 5.82 Å². The molecule has 82 valence electrons. The molecule has 0 saturated carbocycles. The fourth-order valence-electron chi connectivity index (χ4n) is 1.91. The number of likely N-dealkylation sites (tertiary alicyclic amines) is 1. The molecule has 0 radical (unpaired) electrons. The Balaban J connectivity index is 2.07. The van der Waals surface area contributed by atoms with E-state index in [1.165, 1.54) is 6.07 Å². The minimum Gasteiger partial charge on any atom is -0.326 e. The van der Waals surface area contributed by atoms with Crippen LogP contribution in [0.4, 0.5) is 4.39 Å². The number of halogens is 2. The zero-order chi connectivity index (χ0) is 10.8. The molecule has 1 aliphatic heterocycles. The van der Waals surface area contributed by atoms with Crippen molar-refractivity contribution in [1.82, 2.24) is 4.90 Å². The molecule has 1 saturated heterocycles. The monoisotopic (exact) mass is 228 g/mol. The molecule has 1 aromatic carbocycles. The molecule has 2 N–H and O–H groups in total. The molecule has 0 bridgehead atoms. The van der Waals surface area contributed by atoms with Gasteiger partial charge in [0.15, 0.2) is 0 Å². The summed E-state index contributed by atoms with van der Waals surface area (Å²) >= 11 is 5.82. The van der Waals surface area contributed by atoms with E-state index in [2.05, 4.69) is 4.90 Å². The summed E-state index contributed by atoms with van der Waals surface area (Å²) in [5, 5.41) is 0.579. The Labute approximate surface area is 93.8 Å². The maximum absolute atomic E-state index is 13.4. The van der Waals surface area contributed by atoms with Crippen molar-refractivity contribution in [3.05, 3.63) is 34.6 Å². The van der Waals surface area contributed by atoms with Crippen molar-refractivity contribution in [3.63, 3.8) is 0 Å². The Kier molecular flexibility index (Phi) is 3.24. The smallest absolute Gasteiger partial charge is 0.127 e. The molecule has 15 heavy (non-hydrogen) atoms. The first kappa shape index (κ1) is 10.9. The van der Waals surface area contributed by atoms with Crippen LogP contribution in [0.25, 0.3) is 0 Å². The third kappa shape index (κ3) is 2.68. The molecule has 1 fully saturated rings. The summed E-state index contributed by atoms with van der Waals surface area (Å²) in [7, 11) is 0. The van der Waals surface area contributed by atoms with Gasteiger partial charge in [-0.2, -0.15) is 0 Å². The third-order valence-corrected chi connectivity index (χ3v) is 2.95. The standard InChI is InChI=1S/C11H14ClFN2/c12-9-1-2-11(13)8(5-9)6-15-4-3-10(14)7-15/h1-2,5,10H,3-4,6-7,14H2/t10-/m0/s1. The van der Waals surface area contributed by atoms with E-state index in [0.29, 0.717) is 17.1 Å². The Morgan fingerprint density at radius 1 is 1.53 bits per heavy atom. The Morgan fingerprint density at radius 3 is 3.00 bits per heavy atom. The van der Waals surface area contributed by atoms with Crippen LogP contribution in [0.1, 0.15) is 12.0 Å². The van der Waals surface area contributed by atoms with Gasteiger partial charge >= 0.3 is 0 Å². The quantitative estimate of drug-likeness (QED) is 0.839. The Morgan fingerprint density at radius 2 is 2.33 bits per heavy atom. The van der Waals surface area contributed by atoms with Crippen molar-refractivity contribution in [2.24, 2.45) is 5.73 Å². The summed E-state index contributed by atoms with van der Waals surface area (Å²) in [6.45, 7) is 2.37. The van der Waals surface area contributed by atoms with Crippen LogP contribution in [0.15, 0.2) is 18.2 Å². The van der Waals surface area contributed by atoms with Gasteiger partial charge in [-0.05, 0) is 24.6 Å². The number of nitrogens with zero attached hydrogens (tertiary/aromatic N) is 1. The lowest BCUT2D eigenvalue weighted by molar-refractivity contribution is 0.321. The lowest BCUT2D eigenvalue weighted by Crippen LogP contribution is -2.26. The zero-order valence-corrected chi connectivity index (χ0v) is 9.17. The summed E-state index contributed by atoms with van der Waals surface area (Å²) in [4.78, 5) is 2.15. The number of rotatable bonds is 2. The van der Waals surface area contributed by atoms with E-state index >= 15 is 0 Å². The lowest BCUT2D eigenvalue weighted by atomic mass is 10.2. The number of benzene rings is 1. The number of hydrogen-bond donors (Lipinski definition) is 1. The molecule has 2 rings (SSSR count). The first-order valence-electron chi connectivity index (χ1n) is 5.07. The maximum atomic E-state index is 13.4. The SMILES string of the molecule is N[C@H]1CCN(Cc2cc(Cl)ccc2F)C1. The summed E-state index contributed by atoms with van der Waals surface area (Å²) in [6, 6.07) is 4.89. The number of hydrogen-bond acceptors (Lipinski definition) is 2. The van der Waals surface area contributed by atoms with Crippen LogP contribution < -0.4 is 5.73 Å². The highest BCUT2D eigenvalue weighted by molar-refractivity contribution is 6.30. The van der Waals surface area contributed by atoms with Crippen LogP contribution >= 0.6 is 11.6 Å². The first-order chi connectivity index (χ1) is 7.15. The van der Waals surface area contributed by atoms with Crippen LogP contribution in [0.5, 0.6) is 0 Å². The summed E-state index contributed by atoms with van der Waals surface area (Å²) < 4.78 is 13.4. The second kappa shape index (κ2) is 4.47. The van der Waals surface area contributed by atoms with Crippen LogP contribution in [-0.4, -0.2) is 24.0 Å². The highest BCUT2D eigenvalue weighted by Gasteiger charge is 2.19. The van der Waals surface area contributed by atoms with Crippen molar-refractivity contribution in [2.45, 2.75) is 19.0 Å². The van der Waals surface area contributed by atoms with E-state index in [0.717, 1.165) is 19.5 Å². The van der Waals surface area contributed by atoms with Crippen molar-refractivity contribution >= 4 is 11.6 Å². The molecular formula is C11H14ClFN2. The molecule has 0 spiro atoms. The van der Waals surface area contributed by atoms with Gasteiger partial charge in [-0.3, -0.25) is 4.90 Å². The average molecular weight is 229 g/mol. The maximum Gasteiger partial charge on any atom is 0.127 e. The van der Waals surface area contributed by atoms with Gasteiger partial charge in [0, 0.05) is 36.3 Å². The second-order valence-electron chi connectivity index (χ2n) is 4.02. The van der Waals surface area contributed by atoms with Crippen LogP contribution in [-0.2, 0) is 6.54 Å². The van der Waals surface area contributed by atoms with Gasteiger partial charge in [0.05, 0.1) is 0 Å². The summed E-state index contributed by atoms with van der Waals surface area (Å²) in [5.41, 5.74) is 6.43. The zero-order valence-electron chi connectivity index (χ0n) is 8.42. The molecule has 1 aromatic rings. The predicted octanol–water partition coefficient (Wildman–Crippen LogP) is 2.01. The van der Waals surface area contributed by atoms with E-state index in [1.54, 1.807) is 12.1 Å².